The number of pyridine rings is 1. The average Bonchev–Trinajstić information content (AvgIpc) is 2.95. The zero-order valence-corrected chi connectivity index (χ0v) is 19.9. The minimum atomic E-state index is -0.639. The predicted octanol–water partition coefficient (Wildman–Crippen LogP) is 4.33. The summed E-state index contributed by atoms with van der Waals surface area (Å²) in [6.45, 7) is 0. The van der Waals surface area contributed by atoms with Crippen molar-refractivity contribution in [1.82, 2.24) is 15.8 Å². The molecule has 186 valence electrons. The Morgan fingerprint density at radius 2 is 1.05 bits per heavy atom. The minimum absolute atomic E-state index is 0.0240. The molecule has 4 aromatic carbocycles. The maximum Gasteiger partial charge on any atom is 0.289 e. The summed E-state index contributed by atoms with van der Waals surface area (Å²) < 4.78 is 0. The van der Waals surface area contributed by atoms with Gasteiger partial charge < -0.3 is 10.2 Å². The average molecular weight is 504 g/mol. The molecule has 0 unspecified atom stereocenters. The Bertz CT molecular complexity index is 1620. The van der Waals surface area contributed by atoms with Crippen LogP contribution < -0.4 is 10.9 Å². The van der Waals surface area contributed by atoms with E-state index in [4.69, 9.17) is 0 Å². The standard InChI is InChI=1S/C29H21N5O4/c35-26-14-12-18-6-1-3-8-20(18)22(26)16-30-33-28(37)24-10-5-11-25(32-24)29(38)34-31-17-23-21-9-4-2-7-19(21)13-15-27(23)36/h1-17,35-36H,(H,33,37)(H,34,38)/b30-16+,31-17+. The number of carbonyl (C=O) groups is 2. The lowest BCUT2D eigenvalue weighted by Gasteiger charge is -2.06. The van der Waals surface area contributed by atoms with Gasteiger partial charge in [0, 0.05) is 11.1 Å². The van der Waals surface area contributed by atoms with Crippen LogP contribution in [0.15, 0.2) is 101 Å². The first kappa shape index (κ1) is 24.1. The fraction of sp³-hybridized carbons (Fsp3) is 0. The van der Waals surface area contributed by atoms with Gasteiger partial charge in [-0.15, -0.1) is 0 Å². The first-order chi connectivity index (χ1) is 18.5. The van der Waals surface area contributed by atoms with Gasteiger partial charge in [-0.3, -0.25) is 9.59 Å². The van der Waals surface area contributed by atoms with E-state index in [9.17, 15) is 19.8 Å². The molecule has 0 aliphatic rings. The Kier molecular flexibility index (Phi) is 6.73. The maximum atomic E-state index is 12.6. The molecular formula is C29H21N5O4. The van der Waals surface area contributed by atoms with E-state index in [0.717, 1.165) is 21.5 Å². The molecular weight excluding hydrogens is 482 g/mol. The molecule has 1 aromatic heterocycles. The summed E-state index contributed by atoms with van der Waals surface area (Å²) in [5.41, 5.74) is 5.57. The monoisotopic (exact) mass is 503 g/mol. The van der Waals surface area contributed by atoms with E-state index < -0.39 is 11.8 Å². The van der Waals surface area contributed by atoms with Crippen molar-refractivity contribution in [3.05, 3.63) is 114 Å². The van der Waals surface area contributed by atoms with Gasteiger partial charge in [0.05, 0.1) is 12.4 Å². The van der Waals surface area contributed by atoms with Gasteiger partial charge in [0.1, 0.15) is 22.9 Å². The van der Waals surface area contributed by atoms with Crippen molar-refractivity contribution in [1.29, 1.82) is 0 Å². The lowest BCUT2D eigenvalue weighted by atomic mass is 10.0. The van der Waals surface area contributed by atoms with Crippen LogP contribution in [0, 0.1) is 0 Å². The van der Waals surface area contributed by atoms with E-state index in [1.807, 2.05) is 48.5 Å². The molecule has 5 aromatic rings. The number of benzene rings is 4. The molecule has 0 bridgehead atoms. The second-order valence-corrected chi connectivity index (χ2v) is 8.25. The topological polar surface area (TPSA) is 136 Å². The van der Waals surface area contributed by atoms with Crippen molar-refractivity contribution >= 4 is 45.8 Å². The van der Waals surface area contributed by atoms with Gasteiger partial charge in [-0.25, -0.2) is 15.8 Å². The number of hydrazone groups is 2. The van der Waals surface area contributed by atoms with Crippen LogP contribution in [0.2, 0.25) is 0 Å². The van der Waals surface area contributed by atoms with Crippen LogP contribution in [-0.2, 0) is 0 Å². The Morgan fingerprint density at radius 3 is 1.53 bits per heavy atom. The highest BCUT2D eigenvalue weighted by Crippen LogP contribution is 2.26. The zero-order chi connectivity index (χ0) is 26.5. The van der Waals surface area contributed by atoms with Crippen molar-refractivity contribution in [2.75, 3.05) is 0 Å². The smallest absolute Gasteiger partial charge is 0.289 e. The molecule has 0 saturated carbocycles. The minimum Gasteiger partial charge on any atom is -0.507 e. The van der Waals surface area contributed by atoms with Crippen LogP contribution >= 0.6 is 0 Å². The Balaban J connectivity index is 1.27. The van der Waals surface area contributed by atoms with Gasteiger partial charge in [0.25, 0.3) is 11.8 Å². The lowest BCUT2D eigenvalue weighted by molar-refractivity contribution is 0.0945. The number of nitrogens with one attached hydrogen (secondary N) is 2. The van der Waals surface area contributed by atoms with Gasteiger partial charge in [-0.1, -0.05) is 66.7 Å². The van der Waals surface area contributed by atoms with E-state index in [-0.39, 0.29) is 22.9 Å². The number of carbonyl (C=O) groups excluding carboxylic acids is 2. The van der Waals surface area contributed by atoms with Crippen molar-refractivity contribution in [3.8, 4) is 11.5 Å². The molecule has 5 rings (SSSR count). The van der Waals surface area contributed by atoms with Crippen LogP contribution in [0.25, 0.3) is 21.5 Å². The van der Waals surface area contributed by atoms with Gasteiger partial charge >= 0.3 is 0 Å². The number of phenolic OH excluding ortho intramolecular Hbond substituents is 2. The third-order valence-corrected chi connectivity index (χ3v) is 5.83. The molecule has 0 spiro atoms. The summed E-state index contributed by atoms with van der Waals surface area (Å²) in [6.07, 6.45) is 2.70. The van der Waals surface area contributed by atoms with Gasteiger partial charge in [-0.2, -0.15) is 10.2 Å². The van der Waals surface area contributed by atoms with E-state index in [1.54, 1.807) is 24.3 Å². The van der Waals surface area contributed by atoms with E-state index in [0.29, 0.717) is 11.1 Å². The fourth-order valence-corrected chi connectivity index (χ4v) is 3.95. The normalized spacial score (nSPS) is 11.4. The third-order valence-electron chi connectivity index (χ3n) is 5.83. The number of phenols is 2. The van der Waals surface area contributed by atoms with Crippen molar-refractivity contribution in [3.63, 3.8) is 0 Å². The first-order valence-corrected chi connectivity index (χ1v) is 11.6. The number of aromatic hydroxyl groups is 2. The second-order valence-electron chi connectivity index (χ2n) is 8.25. The molecule has 0 aliphatic carbocycles. The van der Waals surface area contributed by atoms with Gasteiger partial charge in [-0.05, 0) is 45.8 Å². The molecule has 9 nitrogen and oxygen atoms in total. The number of hydrogen-bond donors (Lipinski definition) is 4. The van der Waals surface area contributed by atoms with E-state index in [1.165, 1.54) is 30.6 Å². The molecule has 9 heteroatoms. The second kappa shape index (κ2) is 10.6. The fourth-order valence-electron chi connectivity index (χ4n) is 3.95. The summed E-state index contributed by atoms with van der Waals surface area (Å²) in [5, 5.41) is 31.7. The van der Waals surface area contributed by atoms with Crippen LogP contribution in [0.4, 0.5) is 0 Å². The third kappa shape index (κ3) is 5.02. The quantitative estimate of drug-likeness (QED) is 0.202. The van der Waals surface area contributed by atoms with Crippen LogP contribution in [-0.4, -0.2) is 39.4 Å². The predicted molar refractivity (Wildman–Crippen MR) is 146 cm³/mol. The number of aromatic nitrogens is 1. The number of fused-ring (bicyclic) bond motifs is 2. The number of rotatable bonds is 6. The van der Waals surface area contributed by atoms with Crippen molar-refractivity contribution < 1.29 is 19.8 Å². The highest BCUT2D eigenvalue weighted by Gasteiger charge is 2.12. The molecule has 4 N–H and O–H groups in total. The Hall–Kier alpha value is -5.57. The lowest BCUT2D eigenvalue weighted by Crippen LogP contribution is -2.23. The highest BCUT2D eigenvalue weighted by atomic mass is 16.3. The summed E-state index contributed by atoms with van der Waals surface area (Å²) in [4.78, 5) is 29.2. The summed E-state index contributed by atoms with van der Waals surface area (Å²) in [7, 11) is 0. The van der Waals surface area contributed by atoms with E-state index >= 15 is 0 Å². The Labute approximate surface area is 216 Å². The highest BCUT2D eigenvalue weighted by molar-refractivity contribution is 6.04. The Morgan fingerprint density at radius 1 is 0.605 bits per heavy atom. The number of amides is 2. The van der Waals surface area contributed by atoms with Gasteiger partial charge in [0.2, 0.25) is 0 Å². The number of nitrogens with zero attached hydrogens (tertiary/aromatic N) is 3. The van der Waals surface area contributed by atoms with Crippen LogP contribution in [0.1, 0.15) is 32.1 Å². The van der Waals surface area contributed by atoms with Crippen LogP contribution in [0.3, 0.4) is 0 Å². The summed E-state index contributed by atoms with van der Waals surface area (Å²) in [6, 6.07) is 26.0. The molecule has 2 amide bonds. The number of hydrogen-bond acceptors (Lipinski definition) is 7. The summed E-state index contributed by atoms with van der Waals surface area (Å²) >= 11 is 0. The van der Waals surface area contributed by atoms with E-state index in [2.05, 4.69) is 26.0 Å². The molecule has 38 heavy (non-hydrogen) atoms. The molecule has 0 atom stereocenters. The summed E-state index contributed by atoms with van der Waals surface area (Å²) in [5.74, 6) is -1.23. The molecule has 0 radical (unpaired) electrons. The first-order valence-electron chi connectivity index (χ1n) is 11.6. The molecule has 0 fully saturated rings. The largest absolute Gasteiger partial charge is 0.507 e. The molecule has 0 saturated heterocycles. The van der Waals surface area contributed by atoms with Crippen LogP contribution in [0.5, 0.6) is 11.5 Å². The molecule has 0 aliphatic heterocycles. The van der Waals surface area contributed by atoms with Crippen molar-refractivity contribution in [2.24, 2.45) is 10.2 Å². The zero-order valence-electron chi connectivity index (χ0n) is 19.9. The van der Waals surface area contributed by atoms with Crippen molar-refractivity contribution in [2.45, 2.75) is 0 Å². The van der Waals surface area contributed by atoms with Gasteiger partial charge in [0.15, 0.2) is 0 Å². The molecule has 1 heterocycles. The SMILES string of the molecule is O=C(N/N=C/c1c(O)ccc2ccccc12)c1cccc(C(=O)N/N=C/c2c(O)ccc3ccccc23)n1. The maximum absolute atomic E-state index is 12.6.